The van der Waals surface area contributed by atoms with Gasteiger partial charge in [0.15, 0.2) is 0 Å². The molecule has 0 N–H and O–H groups in total. The van der Waals surface area contributed by atoms with Gasteiger partial charge in [-0.15, -0.1) is 0 Å². The van der Waals surface area contributed by atoms with E-state index >= 15 is 0 Å². The van der Waals surface area contributed by atoms with Gasteiger partial charge in [0.05, 0.1) is 0 Å². The van der Waals surface area contributed by atoms with Crippen LogP contribution in [0.25, 0.3) is 0 Å². The van der Waals surface area contributed by atoms with Crippen molar-refractivity contribution in [1.82, 2.24) is 9.88 Å². The smallest absolute Gasteiger partial charge is 0.136 e. The first kappa shape index (κ1) is 9.34. The lowest BCUT2D eigenvalue weighted by Crippen LogP contribution is -2.33. The summed E-state index contributed by atoms with van der Waals surface area (Å²) in [5.41, 5.74) is 1.19. The van der Waals surface area contributed by atoms with E-state index in [-0.39, 0.29) is 6.04 Å². The van der Waals surface area contributed by atoms with E-state index in [1.807, 2.05) is 12.1 Å². The minimum absolute atomic E-state index is 0.249. The maximum Gasteiger partial charge on any atom is 0.136 e. The molecule has 0 radical (unpaired) electrons. The van der Waals surface area contributed by atoms with Gasteiger partial charge in [-0.2, -0.15) is 0 Å². The molecule has 3 nitrogen and oxygen atoms in total. The summed E-state index contributed by atoms with van der Waals surface area (Å²) >= 11 is 0. The first-order valence-corrected chi connectivity index (χ1v) is 4.89. The van der Waals surface area contributed by atoms with Crippen molar-refractivity contribution in [1.29, 1.82) is 0 Å². The second-order valence-corrected chi connectivity index (χ2v) is 3.77. The van der Waals surface area contributed by atoms with Gasteiger partial charge in [0.2, 0.25) is 0 Å². The van der Waals surface area contributed by atoms with Crippen LogP contribution in [0.3, 0.4) is 0 Å². The fourth-order valence-electron chi connectivity index (χ4n) is 1.89. The highest BCUT2D eigenvalue weighted by Gasteiger charge is 2.25. The number of hydrogen-bond acceptors (Lipinski definition) is 3. The van der Waals surface area contributed by atoms with Crippen LogP contribution in [-0.4, -0.2) is 29.3 Å². The molecule has 1 atom stereocenters. The average molecular weight is 190 g/mol. The zero-order chi connectivity index (χ0) is 9.97. The number of pyridine rings is 1. The number of carbonyl (C=O) groups excluding carboxylic acids is 1. The Bertz CT molecular complexity index is 323. The number of carbonyl (C=O) groups is 1. The normalized spacial score (nSPS) is 23.8. The largest absolute Gasteiger partial charge is 0.300 e. The molecule has 74 valence electrons. The van der Waals surface area contributed by atoms with E-state index in [1.54, 1.807) is 12.4 Å². The predicted molar refractivity (Wildman–Crippen MR) is 53.8 cm³/mol. The molecule has 1 saturated heterocycles. The quantitative estimate of drug-likeness (QED) is 0.671. The third kappa shape index (κ3) is 1.82. The Morgan fingerprint density at radius 3 is 2.86 bits per heavy atom. The summed E-state index contributed by atoms with van der Waals surface area (Å²) in [6.45, 7) is 0.867. The maximum absolute atomic E-state index is 11.4. The Morgan fingerprint density at radius 1 is 1.43 bits per heavy atom. The van der Waals surface area contributed by atoms with E-state index in [2.05, 4.69) is 16.9 Å². The molecule has 2 heterocycles. The third-order valence-electron chi connectivity index (χ3n) is 2.79. The van der Waals surface area contributed by atoms with Crippen molar-refractivity contribution < 1.29 is 4.79 Å². The number of ketones is 1. The topological polar surface area (TPSA) is 33.2 Å². The van der Waals surface area contributed by atoms with Crippen molar-refractivity contribution >= 4 is 5.78 Å². The molecule has 1 aromatic heterocycles. The second kappa shape index (κ2) is 3.88. The summed E-state index contributed by atoms with van der Waals surface area (Å²) in [6, 6.07) is 4.22. The van der Waals surface area contributed by atoms with Crippen molar-refractivity contribution in [3.63, 3.8) is 0 Å². The Kier molecular flexibility index (Phi) is 2.59. The van der Waals surface area contributed by atoms with E-state index in [4.69, 9.17) is 0 Å². The number of Topliss-reactive ketones (excluding diaryl/α,β-unsaturated/α-hetero) is 1. The Labute approximate surface area is 83.8 Å². The SMILES string of the molecule is CN1CCC(=O)CC1c1ccncc1. The van der Waals surface area contributed by atoms with Gasteiger partial charge in [0, 0.05) is 37.8 Å². The van der Waals surface area contributed by atoms with E-state index in [1.165, 1.54) is 5.56 Å². The Hall–Kier alpha value is -1.22. The number of rotatable bonds is 1. The Morgan fingerprint density at radius 2 is 2.14 bits per heavy atom. The molecule has 1 aliphatic heterocycles. The molecule has 0 bridgehead atoms. The van der Waals surface area contributed by atoms with Crippen LogP contribution in [0, 0.1) is 0 Å². The van der Waals surface area contributed by atoms with Gasteiger partial charge in [-0.3, -0.25) is 14.7 Å². The van der Waals surface area contributed by atoms with Gasteiger partial charge in [0.25, 0.3) is 0 Å². The molecule has 14 heavy (non-hydrogen) atoms. The minimum atomic E-state index is 0.249. The number of aromatic nitrogens is 1. The summed E-state index contributed by atoms with van der Waals surface area (Å²) in [5.74, 6) is 0.366. The monoisotopic (exact) mass is 190 g/mol. The van der Waals surface area contributed by atoms with Crippen molar-refractivity contribution in [2.24, 2.45) is 0 Å². The Balaban J connectivity index is 2.20. The van der Waals surface area contributed by atoms with Gasteiger partial charge < -0.3 is 0 Å². The number of hydrogen-bond donors (Lipinski definition) is 0. The molecular weight excluding hydrogens is 176 g/mol. The molecule has 1 aliphatic rings. The molecule has 0 saturated carbocycles. The molecule has 0 aromatic carbocycles. The zero-order valence-electron chi connectivity index (χ0n) is 8.31. The number of piperidine rings is 1. The molecular formula is C11H14N2O. The molecule has 0 aliphatic carbocycles. The summed E-state index contributed by atoms with van der Waals surface area (Å²) in [5, 5.41) is 0. The van der Waals surface area contributed by atoms with E-state index < -0.39 is 0 Å². The molecule has 0 amide bonds. The molecule has 0 spiro atoms. The zero-order valence-corrected chi connectivity index (χ0v) is 8.31. The summed E-state index contributed by atoms with van der Waals surface area (Å²) in [7, 11) is 2.07. The number of likely N-dealkylation sites (tertiary alicyclic amines) is 1. The lowest BCUT2D eigenvalue weighted by atomic mass is 9.96. The van der Waals surface area contributed by atoms with Crippen LogP contribution in [0.2, 0.25) is 0 Å². The summed E-state index contributed by atoms with van der Waals surface area (Å²) in [4.78, 5) is 17.6. The lowest BCUT2D eigenvalue weighted by molar-refractivity contribution is -0.122. The average Bonchev–Trinajstić information content (AvgIpc) is 2.23. The van der Waals surface area contributed by atoms with Gasteiger partial charge >= 0.3 is 0 Å². The van der Waals surface area contributed by atoms with Gasteiger partial charge in [-0.05, 0) is 24.7 Å². The van der Waals surface area contributed by atoms with Gasteiger partial charge in [-0.25, -0.2) is 0 Å². The standard InChI is InChI=1S/C11H14N2O/c1-13-7-4-10(14)8-11(13)9-2-5-12-6-3-9/h2-3,5-6,11H,4,7-8H2,1H3. The summed E-state index contributed by atoms with van der Waals surface area (Å²) in [6.07, 6.45) is 4.89. The first-order valence-electron chi connectivity index (χ1n) is 4.89. The molecule has 1 fully saturated rings. The van der Waals surface area contributed by atoms with Gasteiger partial charge in [0.1, 0.15) is 5.78 Å². The van der Waals surface area contributed by atoms with E-state index in [0.29, 0.717) is 18.6 Å². The van der Waals surface area contributed by atoms with Crippen molar-refractivity contribution in [3.05, 3.63) is 30.1 Å². The maximum atomic E-state index is 11.4. The molecule has 2 rings (SSSR count). The second-order valence-electron chi connectivity index (χ2n) is 3.77. The van der Waals surface area contributed by atoms with Crippen LogP contribution in [0.1, 0.15) is 24.4 Å². The van der Waals surface area contributed by atoms with Crippen LogP contribution in [0.15, 0.2) is 24.5 Å². The predicted octanol–water partition coefficient (Wildman–Crippen LogP) is 1.42. The van der Waals surface area contributed by atoms with Crippen LogP contribution < -0.4 is 0 Å². The third-order valence-corrected chi connectivity index (χ3v) is 2.79. The summed E-state index contributed by atoms with van der Waals surface area (Å²) < 4.78 is 0. The van der Waals surface area contributed by atoms with E-state index in [0.717, 1.165) is 6.54 Å². The molecule has 1 unspecified atom stereocenters. The highest BCUT2D eigenvalue weighted by Crippen LogP contribution is 2.26. The fraction of sp³-hybridized carbons (Fsp3) is 0.455. The lowest BCUT2D eigenvalue weighted by Gasteiger charge is -2.31. The molecule has 1 aromatic rings. The van der Waals surface area contributed by atoms with Crippen LogP contribution in [0.4, 0.5) is 0 Å². The highest BCUT2D eigenvalue weighted by atomic mass is 16.1. The van der Waals surface area contributed by atoms with Crippen LogP contribution in [-0.2, 0) is 4.79 Å². The van der Waals surface area contributed by atoms with Crippen molar-refractivity contribution in [2.45, 2.75) is 18.9 Å². The number of nitrogens with zero attached hydrogens (tertiary/aromatic N) is 2. The molecule has 3 heteroatoms. The van der Waals surface area contributed by atoms with Crippen molar-refractivity contribution in [2.75, 3.05) is 13.6 Å². The first-order chi connectivity index (χ1) is 6.77. The van der Waals surface area contributed by atoms with Crippen molar-refractivity contribution in [3.8, 4) is 0 Å². The van der Waals surface area contributed by atoms with E-state index in [9.17, 15) is 4.79 Å². The van der Waals surface area contributed by atoms with Crippen LogP contribution >= 0.6 is 0 Å². The minimum Gasteiger partial charge on any atom is -0.300 e. The highest BCUT2D eigenvalue weighted by molar-refractivity contribution is 5.80. The van der Waals surface area contributed by atoms with Crippen LogP contribution in [0.5, 0.6) is 0 Å². The fourth-order valence-corrected chi connectivity index (χ4v) is 1.89. The van der Waals surface area contributed by atoms with Gasteiger partial charge in [-0.1, -0.05) is 0 Å².